The maximum atomic E-state index is 6.83. The summed E-state index contributed by atoms with van der Waals surface area (Å²) in [6.45, 7) is 0. The first kappa shape index (κ1) is 36.9. The quantitative estimate of drug-likeness (QED) is 0.160. The van der Waals surface area contributed by atoms with Crippen LogP contribution in [0.25, 0.3) is 104 Å². The molecule has 0 aliphatic rings. The van der Waals surface area contributed by atoms with Gasteiger partial charge in [-0.1, -0.05) is 170 Å². The fraction of sp³-hybridized carbons (Fsp3) is 0. The van der Waals surface area contributed by atoms with Crippen LogP contribution >= 0.6 is 0 Å². The predicted molar refractivity (Wildman–Crippen MR) is 274 cm³/mol. The van der Waals surface area contributed by atoms with Crippen molar-refractivity contribution in [1.82, 2.24) is 4.57 Å². The van der Waals surface area contributed by atoms with Gasteiger partial charge in [0.05, 0.1) is 11.0 Å². The Bertz CT molecular complexity index is 3910. The van der Waals surface area contributed by atoms with Gasteiger partial charge < -0.3 is 13.9 Å². The molecule has 13 rings (SSSR count). The molecule has 0 fully saturated rings. The first-order valence-electron chi connectivity index (χ1n) is 22.2. The monoisotopic (exact) mass is 828 g/mol. The SMILES string of the molecule is c1cc(-c2ccc3ccccc3c2)cc(N(c2ccc(-c3cccc(-n4c5ccccc5c5ccccc54)c3)cc2)c2cccc(-c3cccc4c3oc3c5ccccc5ccc43)c2)c1. The summed E-state index contributed by atoms with van der Waals surface area (Å²) in [6, 6.07) is 87.7. The number of furan rings is 1. The van der Waals surface area contributed by atoms with Crippen LogP contribution in [0.4, 0.5) is 17.1 Å². The molecule has 65 heavy (non-hydrogen) atoms. The second kappa shape index (κ2) is 15.0. The Morgan fingerprint density at radius 2 is 0.831 bits per heavy atom. The number of hydrogen-bond acceptors (Lipinski definition) is 2. The van der Waals surface area contributed by atoms with Crippen molar-refractivity contribution in [2.75, 3.05) is 4.90 Å². The zero-order valence-electron chi connectivity index (χ0n) is 35.4. The van der Waals surface area contributed by atoms with Gasteiger partial charge in [-0.2, -0.15) is 0 Å². The summed E-state index contributed by atoms with van der Waals surface area (Å²) in [6.07, 6.45) is 0. The van der Waals surface area contributed by atoms with Crippen LogP contribution in [-0.4, -0.2) is 4.57 Å². The number of anilines is 3. The van der Waals surface area contributed by atoms with Crippen LogP contribution in [0.3, 0.4) is 0 Å². The number of nitrogens with zero attached hydrogens (tertiary/aromatic N) is 2. The van der Waals surface area contributed by atoms with E-state index in [1.165, 1.54) is 43.5 Å². The molecule has 11 aromatic carbocycles. The zero-order chi connectivity index (χ0) is 42.8. The third-order valence-corrected chi connectivity index (χ3v) is 13.1. The number of hydrogen-bond donors (Lipinski definition) is 0. The largest absolute Gasteiger partial charge is 0.455 e. The fourth-order valence-corrected chi connectivity index (χ4v) is 10.0. The lowest BCUT2D eigenvalue weighted by atomic mass is 9.99. The maximum absolute atomic E-state index is 6.83. The molecular weight excluding hydrogens is 789 g/mol. The van der Waals surface area contributed by atoms with Gasteiger partial charge in [-0.25, -0.2) is 0 Å². The van der Waals surface area contributed by atoms with Gasteiger partial charge in [-0.15, -0.1) is 0 Å². The minimum atomic E-state index is 0.897. The molecule has 0 atom stereocenters. The van der Waals surface area contributed by atoms with E-state index >= 15 is 0 Å². The second-order valence-corrected chi connectivity index (χ2v) is 16.9. The molecule has 0 spiro atoms. The van der Waals surface area contributed by atoms with Crippen molar-refractivity contribution in [3.05, 3.63) is 243 Å². The summed E-state index contributed by atoms with van der Waals surface area (Å²) in [5.74, 6) is 0. The fourth-order valence-electron chi connectivity index (χ4n) is 10.0. The maximum Gasteiger partial charge on any atom is 0.143 e. The summed E-state index contributed by atoms with van der Waals surface area (Å²) < 4.78 is 9.21. The van der Waals surface area contributed by atoms with E-state index in [0.29, 0.717) is 0 Å². The van der Waals surface area contributed by atoms with E-state index in [-0.39, 0.29) is 0 Å². The van der Waals surface area contributed by atoms with Gasteiger partial charge in [0, 0.05) is 55.2 Å². The van der Waals surface area contributed by atoms with E-state index in [9.17, 15) is 0 Å². The van der Waals surface area contributed by atoms with Crippen LogP contribution in [0.5, 0.6) is 0 Å². The number of rotatable bonds is 7. The van der Waals surface area contributed by atoms with Gasteiger partial charge in [0.2, 0.25) is 0 Å². The Labute approximate surface area is 376 Å². The summed E-state index contributed by atoms with van der Waals surface area (Å²) in [4.78, 5) is 2.37. The first-order valence-corrected chi connectivity index (χ1v) is 22.2. The van der Waals surface area contributed by atoms with Crippen molar-refractivity contribution < 1.29 is 4.42 Å². The van der Waals surface area contributed by atoms with Crippen molar-refractivity contribution >= 4 is 82.4 Å². The van der Waals surface area contributed by atoms with Crippen molar-refractivity contribution in [2.24, 2.45) is 0 Å². The molecule has 0 aliphatic carbocycles. The first-order chi connectivity index (χ1) is 32.2. The normalized spacial score (nSPS) is 11.7. The van der Waals surface area contributed by atoms with Crippen molar-refractivity contribution in [3.8, 4) is 39.1 Å². The lowest BCUT2D eigenvalue weighted by Crippen LogP contribution is -2.10. The average Bonchev–Trinajstić information content (AvgIpc) is 3.93. The van der Waals surface area contributed by atoms with Crippen LogP contribution in [-0.2, 0) is 0 Å². The van der Waals surface area contributed by atoms with Gasteiger partial charge in [0.1, 0.15) is 11.2 Å². The average molecular weight is 829 g/mol. The number of para-hydroxylation sites is 3. The molecule has 0 aliphatic heterocycles. The Kier molecular flexibility index (Phi) is 8.53. The standard InChI is InChI=1S/C62H40N2O/c1-2-15-44-37-47(30-29-41(44)13-1)46-17-10-19-50(39-46)63(51-20-11-18-48(40-51)54-25-12-26-57-58-36-33-43-14-3-4-22-53(43)61(58)65-62(54)57)49-34-31-42(32-35-49)45-16-9-21-52(38-45)64-59-27-7-5-23-55(59)56-24-6-8-28-60(56)64/h1-40H. The summed E-state index contributed by atoms with van der Waals surface area (Å²) >= 11 is 0. The molecule has 0 radical (unpaired) electrons. The Hall–Kier alpha value is -8.66. The minimum absolute atomic E-state index is 0.897. The van der Waals surface area contributed by atoms with Gasteiger partial charge in [0.15, 0.2) is 0 Å². The smallest absolute Gasteiger partial charge is 0.143 e. The molecule has 2 aromatic heterocycles. The molecular formula is C62H40N2O. The van der Waals surface area contributed by atoms with Crippen molar-refractivity contribution in [2.45, 2.75) is 0 Å². The van der Waals surface area contributed by atoms with Crippen LogP contribution < -0.4 is 4.90 Å². The van der Waals surface area contributed by atoms with Crippen LogP contribution in [0, 0.1) is 0 Å². The van der Waals surface area contributed by atoms with E-state index in [2.05, 4.69) is 252 Å². The third kappa shape index (κ3) is 6.20. The molecule has 3 heteroatoms. The second-order valence-electron chi connectivity index (χ2n) is 16.9. The number of fused-ring (bicyclic) bond motifs is 9. The van der Waals surface area contributed by atoms with E-state index in [1.807, 2.05) is 0 Å². The topological polar surface area (TPSA) is 21.3 Å². The highest BCUT2D eigenvalue weighted by Gasteiger charge is 2.19. The molecule has 0 N–H and O–H groups in total. The molecule has 0 bridgehead atoms. The van der Waals surface area contributed by atoms with E-state index in [4.69, 9.17) is 4.42 Å². The van der Waals surface area contributed by atoms with E-state index in [1.54, 1.807) is 0 Å². The molecule has 13 aromatic rings. The molecule has 0 amide bonds. The van der Waals surface area contributed by atoms with E-state index < -0.39 is 0 Å². The third-order valence-electron chi connectivity index (χ3n) is 13.1. The Morgan fingerprint density at radius 1 is 0.292 bits per heavy atom. The Morgan fingerprint density at radius 3 is 1.60 bits per heavy atom. The van der Waals surface area contributed by atoms with E-state index in [0.717, 1.165) is 77.9 Å². The predicted octanol–water partition coefficient (Wildman–Crippen LogP) is 17.5. The minimum Gasteiger partial charge on any atom is -0.455 e. The lowest BCUT2D eigenvalue weighted by molar-refractivity contribution is 0.674. The van der Waals surface area contributed by atoms with Crippen LogP contribution in [0.15, 0.2) is 247 Å². The molecule has 304 valence electrons. The molecule has 0 saturated carbocycles. The molecule has 0 saturated heterocycles. The van der Waals surface area contributed by atoms with Gasteiger partial charge >= 0.3 is 0 Å². The molecule has 2 heterocycles. The highest BCUT2D eigenvalue weighted by atomic mass is 16.3. The summed E-state index contributed by atoms with van der Waals surface area (Å²) in [5, 5.41) is 9.52. The zero-order valence-corrected chi connectivity index (χ0v) is 35.4. The summed E-state index contributed by atoms with van der Waals surface area (Å²) in [7, 11) is 0. The van der Waals surface area contributed by atoms with Gasteiger partial charge in [0.25, 0.3) is 0 Å². The van der Waals surface area contributed by atoms with Crippen molar-refractivity contribution in [3.63, 3.8) is 0 Å². The molecule has 3 nitrogen and oxygen atoms in total. The molecule has 0 unspecified atom stereocenters. The highest BCUT2D eigenvalue weighted by Crippen LogP contribution is 2.43. The lowest BCUT2D eigenvalue weighted by Gasteiger charge is -2.27. The Balaban J connectivity index is 0.933. The number of benzene rings is 11. The van der Waals surface area contributed by atoms with Crippen LogP contribution in [0.1, 0.15) is 0 Å². The van der Waals surface area contributed by atoms with Gasteiger partial charge in [-0.3, -0.25) is 0 Å². The number of aromatic nitrogens is 1. The highest BCUT2D eigenvalue weighted by molar-refractivity contribution is 6.17. The van der Waals surface area contributed by atoms with Crippen molar-refractivity contribution in [1.29, 1.82) is 0 Å². The van der Waals surface area contributed by atoms with Gasteiger partial charge in [-0.05, 0) is 117 Å². The summed E-state index contributed by atoms with van der Waals surface area (Å²) in [5.41, 5.74) is 15.4. The van der Waals surface area contributed by atoms with Crippen LogP contribution in [0.2, 0.25) is 0 Å².